The van der Waals surface area contributed by atoms with Gasteiger partial charge in [0.15, 0.2) is 12.0 Å². The molecule has 3 unspecified atom stereocenters. The molecule has 0 radical (unpaired) electrons. The molecule has 3 rings (SSSR count). The zero-order chi connectivity index (χ0) is 21.8. The van der Waals surface area contributed by atoms with E-state index in [4.69, 9.17) is 14.5 Å². The van der Waals surface area contributed by atoms with E-state index in [0.717, 1.165) is 0 Å². The second-order valence-electron chi connectivity index (χ2n) is 5.65. The molecule has 17 nitrogen and oxygen atoms in total. The van der Waals surface area contributed by atoms with Crippen LogP contribution in [-0.2, 0) is 35.9 Å². The molecule has 0 aliphatic carbocycles. The summed E-state index contributed by atoms with van der Waals surface area (Å²) < 4.78 is 56.9. The highest BCUT2D eigenvalue weighted by molar-refractivity contribution is 7.74. The lowest BCUT2D eigenvalue weighted by molar-refractivity contribution is -0.0547. The molecular formula is C9H13N2O15P3. The highest BCUT2D eigenvalue weighted by Crippen LogP contribution is 2.80. The van der Waals surface area contributed by atoms with Gasteiger partial charge in [-0.3, -0.25) is 18.9 Å². The molecule has 2 aliphatic rings. The van der Waals surface area contributed by atoms with E-state index < -0.39 is 71.6 Å². The average molecular weight is 482 g/mol. The van der Waals surface area contributed by atoms with Crippen LogP contribution >= 0.6 is 23.5 Å². The van der Waals surface area contributed by atoms with Gasteiger partial charge in [0.25, 0.3) is 5.56 Å². The zero-order valence-corrected chi connectivity index (χ0v) is 16.4. The average Bonchev–Trinajstić information content (AvgIpc) is 2.81. The topological polar surface area (TPSA) is 253 Å². The quantitative estimate of drug-likeness (QED) is 0.260. The maximum Gasteiger partial charge on any atom is 0.492 e. The van der Waals surface area contributed by atoms with E-state index >= 15 is 0 Å². The second kappa shape index (κ2) is 7.50. The minimum absolute atomic E-state index is 0.540. The molecule has 3 heterocycles. The Morgan fingerprint density at radius 1 is 1.07 bits per heavy atom. The maximum absolute atomic E-state index is 12.2. The first kappa shape index (κ1) is 22.5. The minimum atomic E-state index is -5.28. The lowest BCUT2D eigenvalue weighted by atomic mass is 10.1. The van der Waals surface area contributed by atoms with Gasteiger partial charge in [-0.1, -0.05) is 0 Å². The van der Waals surface area contributed by atoms with Crippen LogP contribution in [0.3, 0.4) is 0 Å². The number of aromatic hydroxyl groups is 1. The Balaban J connectivity index is 1.76. The third-order valence-electron chi connectivity index (χ3n) is 3.57. The van der Waals surface area contributed by atoms with Crippen molar-refractivity contribution >= 4 is 23.5 Å². The molecule has 2 fully saturated rings. The summed E-state index contributed by atoms with van der Waals surface area (Å²) in [4.78, 5) is 43.0. The monoisotopic (exact) mass is 482 g/mol. The largest absolute Gasteiger partial charge is 0.502 e. The number of aromatic nitrogens is 2. The van der Waals surface area contributed by atoms with Crippen molar-refractivity contribution in [3.05, 3.63) is 27.0 Å². The molecule has 1 aromatic heterocycles. The molecule has 0 aromatic carbocycles. The summed E-state index contributed by atoms with van der Waals surface area (Å²) in [6, 6.07) is 0. The number of aliphatic hydroxyl groups excluding tert-OH is 2. The number of nitrogens with zero attached hydrogens (tertiary/aromatic N) is 1. The van der Waals surface area contributed by atoms with Crippen LogP contribution in [0, 0.1) is 0 Å². The number of ether oxygens (including phenoxy) is 1. The third-order valence-corrected chi connectivity index (χ3v) is 8.94. The first-order valence-electron chi connectivity index (χ1n) is 7.32. The fourth-order valence-electron chi connectivity index (χ4n) is 2.40. The van der Waals surface area contributed by atoms with Gasteiger partial charge in [-0.05, 0) is 0 Å². The van der Waals surface area contributed by atoms with E-state index in [2.05, 4.69) is 17.5 Å². The van der Waals surface area contributed by atoms with Crippen LogP contribution in [0.25, 0.3) is 0 Å². The van der Waals surface area contributed by atoms with Crippen LogP contribution in [0.1, 0.15) is 6.23 Å². The summed E-state index contributed by atoms with van der Waals surface area (Å²) in [5.41, 5.74) is -2.23. The molecule has 164 valence electrons. The van der Waals surface area contributed by atoms with Gasteiger partial charge in [0, 0.05) is 0 Å². The van der Waals surface area contributed by atoms with Crippen LogP contribution in [-0.4, -0.2) is 59.6 Å². The molecule has 0 bridgehead atoms. The molecule has 2 saturated heterocycles. The standard InChI is InChI=1S/C9H13N2O15P3/c12-3-1-11(9(16)10-7(3)15)8-6(14)5(13)4(23-8)2-22-29(21)25-27(17,18)24-28(19,20)26-29/h1,4-6,8,12-14H,2H2,(H,17,18)(H,19,20)(H,10,15,16)/t4-,5?,6+,8-/m1/s1. The summed E-state index contributed by atoms with van der Waals surface area (Å²) in [5, 5.41) is 29.5. The van der Waals surface area contributed by atoms with E-state index in [1.165, 1.54) is 0 Å². The van der Waals surface area contributed by atoms with Gasteiger partial charge in [-0.25, -0.2) is 18.5 Å². The lowest BCUT2D eigenvalue weighted by Crippen LogP contribution is -2.37. The fourth-order valence-corrected chi connectivity index (χ4v) is 7.33. The number of nitrogens with one attached hydrogen (secondary N) is 1. The SMILES string of the molecule is O=c1[nH]c(=O)n([C@@H]2O[C@H](COP3(=O)OP(=O)(O)OP(=O)(O)O3)C(O)[C@@H]2O)cc1O. The number of aromatic amines is 1. The Labute approximate surface area is 158 Å². The summed E-state index contributed by atoms with van der Waals surface area (Å²) in [5.74, 6) is -0.902. The first-order valence-corrected chi connectivity index (χ1v) is 11.8. The molecular weight excluding hydrogens is 469 g/mol. The van der Waals surface area contributed by atoms with E-state index in [1.54, 1.807) is 4.98 Å². The van der Waals surface area contributed by atoms with Gasteiger partial charge < -0.3 is 29.8 Å². The van der Waals surface area contributed by atoms with Gasteiger partial charge in [0.2, 0.25) is 0 Å². The van der Waals surface area contributed by atoms with Crippen LogP contribution in [0.5, 0.6) is 5.75 Å². The predicted octanol–water partition coefficient (Wildman–Crippen LogP) is -1.75. The summed E-state index contributed by atoms with van der Waals surface area (Å²) in [7, 11) is -15.7. The number of hydrogen-bond acceptors (Lipinski definition) is 13. The van der Waals surface area contributed by atoms with Crippen molar-refractivity contribution in [3.63, 3.8) is 0 Å². The molecule has 0 amide bonds. The summed E-state index contributed by atoms with van der Waals surface area (Å²) in [6.07, 6.45) is -6.23. The predicted molar refractivity (Wildman–Crippen MR) is 85.4 cm³/mol. The molecule has 0 spiro atoms. The Kier molecular flexibility index (Phi) is 5.81. The number of rotatable bonds is 4. The van der Waals surface area contributed by atoms with Crippen LogP contribution in [0.15, 0.2) is 15.8 Å². The number of H-pyrrole nitrogens is 1. The normalized spacial score (nSPS) is 42.8. The fraction of sp³-hybridized carbons (Fsp3) is 0.556. The van der Waals surface area contributed by atoms with Crippen molar-refractivity contribution in [1.29, 1.82) is 0 Å². The van der Waals surface area contributed by atoms with Gasteiger partial charge >= 0.3 is 29.2 Å². The van der Waals surface area contributed by atoms with Crippen molar-refractivity contribution in [3.8, 4) is 5.75 Å². The zero-order valence-electron chi connectivity index (χ0n) is 13.7. The van der Waals surface area contributed by atoms with Crippen LogP contribution in [0.4, 0.5) is 0 Å². The molecule has 29 heavy (non-hydrogen) atoms. The van der Waals surface area contributed by atoms with Crippen LogP contribution < -0.4 is 11.2 Å². The van der Waals surface area contributed by atoms with Gasteiger partial charge in [0.1, 0.15) is 18.3 Å². The number of aliphatic hydroxyl groups is 2. The molecule has 0 saturated carbocycles. The van der Waals surface area contributed by atoms with E-state index in [-0.39, 0.29) is 0 Å². The smallest absolute Gasteiger partial charge is 0.492 e. The van der Waals surface area contributed by atoms with Crippen molar-refractivity contribution < 1.29 is 61.0 Å². The molecule has 6 atom stereocenters. The minimum Gasteiger partial charge on any atom is -0.502 e. The van der Waals surface area contributed by atoms with Crippen molar-refractivity contribution in [2.75, 3.05) is 6.61 Å². The van der Waals surface area contributed by atoms with E-state index in [1.807, 2.05) is 0 Å². The Hall–Kier alpha value is -1.19. The van der Waals surface area contributed by atoms with Crippen molar-refractivity contribution in [2.24, 2.45) is 0 Å². The third kappa shape index (κ3) is 4.77. The van der Waals surface area contributed by atoms with Gasteiger partial charge in [-0.2, -0.15) is 12.9 Å². The molecule has 1 aromatic rings. The molecule has 6 N–H and O–H groups in total. The Morgan fingerprint density at radius 3 is 2.24 bits per heavy atom. The summed E-state index contributed by atoms with van der Waals surface area (Å²) >= 11 is 0. The molecule has 20 heteroatoms. The molecule has 2 aliphatic heterocycles. The van der Waals surface area contributed by atoms with Crippen molar-refractivity contribution in [1.82, 2.24) is 9.55 Å². The van der Waals surface area contributed by atoms with Crippen LogP contribution in [0.2, 0.25) is 0 Å². The first-order chi connectivity index (χ1) is 13.2. The highest BCUT2D eigenvalue weighted by Gasteiger charge is 2.55. The van der Waals surface area contributed by atoms with Gasteiger partial charge in [-0.15, -0.1) is 0 Å². The highest BCUT2D eigenvalue weighted by atomic mass is 31.3. The van der Waals surface area contributed by atoms with Gasteiger partial charge in [0.05, 0.1) is 12.8 Å². The van der Waals surface area contributed by atoms with E-state index in [0.29, 0.717) is 10.8 Å². The Bertz CT molecular complexity index is 1040. The van der Waals surface area contributed by atoms with E-state index in [9.17, 15) is 38.6 Å². The lowest BCUT2D eigenvalue weighted by Gasteiger charge is -2.27. The summed E-state index contributed by atoms with van der Waals surface area (Å²) in [6.45, 7) is -0.990. The van der Waals surface area contributed by atoms with Crippen molar-refractivity contribution in [2.45, 2.75) is 24.5 Å². The number of phosphoric acid groups is 3. The maximum atomic E-state index is 12.2. The second-order valence-corrected chi connectivity index (χ2v) is 10.6. The Morgan fingerprint density at radius 2 is 1.66 bits per heavy atom. The number of hydrogen-bond donors (Lipinski definition) is 6.